The Bertz CT molecular complexity index is 1310. The van der Waals surface area contributed by atoms with Crippen molar-refractivity contribution in [3.63, 3.8) is 0 Å². The Balaban J connectivity index is 1.31. The summed E-state index contributed by atoms with van der Waals surface area (Å²) in [6.07, 6.45) is 4.65. The van der Waals surface area contributed by atoms with Crippen molar-refractivity contribution in [1.29, 1.82) is 0 Å². The van der Waals surface area contributed by atoms with Crippen LogP contribution < -0.4 is 10.5 Å². The van der Waals surface area contributed by atoms with E-state index < -0.39 is 0 Å². The lowest BCUT2D eigenvalue weighted by molar-refractivity contribution is 0.269. The van der Waals surface area contributed by atoms with Gasteiger partial charge in [0.1, 0.15) is 5.82 Å². The fourth-order valence-electron chi connectivity index (χ4n) is 4.95. The second-order valence-corrected chi connectivity index (χ2v) is 8.42. The molecule has 2 bridgehead atoms. The number of nitrogens with zero attached hydrogens (tertiary/aromatic N) is 6. The summed E-state index contributed by atoms with van der Waals surface area (Å²) < 4.78 is 9.43. The summed E-state index contributed by atoms with van der Waals surface area (Å²) in [5.41, 5.74) is 2.71. The van der Waals surface area contributed by atoms with Crippen LogP contribution in [0.3, 0.4) is 0 Å². The topological polar surface area (TPSA) is 82.0 Å². The van der Waals surface area contributed by atoms with Crippen molar-refractivity contribution in [2.45, 2.75) is 18.9 Å². The van der Waals surface area contributed by atoms with E-state index in [-0.39, 0.29) is 11.5 Å². The highest BCUT2D eigenvalue weighted by atomic mass is 16.5. The summed E-state index contributed by atoms with van der Waals surface area (Å²) in [4.78, 5) is 24.4. The molecule has 0 N–H and O–H groups in total. The molecular weight excluding hydrogens is 392 g/mol. The first kappa shape index (κ1) is 18.1. The number of rotatable bonds is 3. The smallest absolute Gasteiger partial charge is 0.324 e. The highest BCUT2D eigenvalue weighted by Gasteiger charge is 2.37. The maximum absolute atomic E-state index is 13.3. The summed E-state index contributed by atoms with van der Waals surface area (Å²) in [6.45, 7) is 2.25. The van der Waals surface area contributed by atoms with Gasteiger partial charge in [0.25, 0.3) is 5.56 Å². The van der Waals surface area contributed by atoms with E-state index >= 15 is 0 Å². The lowest BCUT2D eigenvalue weighted by Gasteiger charge is -2.42. The van der Waals surface area contributed by atoms with Gasteiger partial charge in [0.2, 0.25) is 5.82 Å². The molecule has 3 aromatic heterocycles. The first-order valence-electron chi connectivity index (χ1n) is 10.5. The quantitative estimate of drug-likeness (QED) is 0.513. The highest BCUT2D eigenvalue weighted by Crippen LogP contribution is 2.37. The number of anilines is 1. The number of fused-ring (bicyclic) bond motifs is 4. The van der Waals surface area contributed by atoms with E-state index in [1.54, 1.807) is 6.20 Å². The number of piperidine rings is 1. The Hall–Kier alpha value is -3.68. The molecule has 1 aromatic carbocycles. The Morgan fingerprint density at radius 1 is 1.06 bits per heavy atom. The molecule has 0 aliphatic carbocycles. The maximum Gasteiger partial charge on any atom is 0.324 e. The van der Waals surface area contributed by atoms with E-state index in [0.29, 0.717) is 35.7 Å². The molecule has 0 unspecified atom stereocenters. The van der Waals surface area contributed by atoms with E-state index in [9.17, 15) is 4.79 Å². The number of benzene rings is 1. The van der Waals surface area contributed by atoms with Crippen molar-refractivity contribution in [3.8, 4) is 22.8 Å². The molecule has 0 saturated carbocycles. The van der Waals surface area contributed by atoms with Crippen LogP contribution in [0.15, 0.2) is 64.2 Å². The molecule has 8 heteroatoms. The second-order valence-electron chi connectivity index (χ2n) is 8.42. The van der Waals surface area contributed by atoms with Crippen molar-refractivity contribution in [3.05, 3.63) is 70.9 Å². The van der Waals surface area contributed by atoms with Crippen LogP contribution in [-0.4, -0.2) is 37.3 Å². The minimum absolute atomic E-state index is 0.0408. The summed E-state index contributed by atoms with van der Waals surface area (Å²) >= 11 is 0. The van der Waals surface area contributed by atoms with E-state index in [0.717, 1.165) is 30.8 Å². The zero-order valence-corrected chi connectivity index (χ0v) is 17.2. The van der Waals surface area contributed by atoms with Crippen molar-refractivity contribution in [2.75, 3.05) is 18.0 Å². The third-order valence-electron chi connectivity index (χ3n) is 6.38. The zero-order chi connectivity index (χ0) is 20.9. The Morgan fingerprint density at radius 2 is 1.94 bits per heavy atom. The third-order valence-corrected chi connectivity index (χ3v) is 6.38. The molecule has 1 fully saturated rings. The van der Waals surface area contributed by atoms with Gasteiger partial charge in [0.05, 0.1) is 5.56 Å². The van der Waals surface area contributed by atoms with Gasteiger partial charge in [0.15, 0.2) is 0 Å². The molecule has 2 atom stereocenters. The fraction of sp³-hybridized carbons (Fsp3) is 0.304. The van der Waals surface area contributed by atoms with Crippen LogP contribution in [0, 0.1) is 5.92 Å². The van der Waals surface area contributed by atoms with E-state index in [1.807, 2.05) is 58.8 Å². The van der Waals surface area contributed by atoms with Gasteiger partial charge in [0, 0.05) is 56.3 Å². The van der Waals surface area contributed by atoms with Crippen LogP contribution in [0.4, 0.5) is 6.01 Å². The van der Waals surface area contributed by atoms with Gasteiger partial charge >= 0.3 is 6.01 Å². The number of aryl methyl sites for hydroxylation is 1. The number of pyridine rings is 1. The Morgan fingerprint density at radius 3 is 2.74 bits per heavy atom. The van der Waals surface area contributed by atoms with Gasteiger partial charge in [-0.15, -0.1) is 0 Å². The molecule has 8 nitrogen and oxygen atoms in total. The summed E-state index contributed by atoms with van der Waals surface area (Å²) in [6, 6.07) is 14.4. The van der Waals surface area contributed by atoms with Crippen molar-refractivity contribution in [1.82, 2.24) is 24.3 Å². The lowest BCUT2D eigenvalue weighted by atomic mass is 9.83. The molecule has 1 saturated heterocycles. The van der Waals surface area contributed by atoms with Gasteiger partial charge in [-0.05, 0) is 24.5 Å². The number of aromatic nitrogens is 5. The molecule has 2 aliphatic rings. The number of imidazole rings is 1. The highest BCUT2D eigenvalue weighted by molar-refractivity contribution is 5.56. The standard InChI is InChI=1S/C23H22N6O2/c1-27-10-9-24-21(27)18-7-8-19-17-11-15(13-29(19)22(18)30)12-28(14-17)23-25-20(26-31-23)16-5-3-2-4-6-16/h2-10,15,17H,11-14H2,1H3/t15-,17+/m0/s1. The molecule has 0 spiro atoms. The van der Waals surface area contributed by atoms with Crippen LogP contribution in [0.25, 0.3) is 22.8 Å². The van der Waals surface area contributed by atoms with Crippen molar-refractivity contribution >= 4 is 6.01 Å². The number of hydrogen-bond donors (Lipinski definition) is 0. The van der Waals surface area contributed by atoms with E-state index in [1.165, 1.54) is 0 Å². The average Bonchev–Trinajstić information content (AvgIpc) is 3.45. The average molecular weight is 414 g/mol. The SMILES string of the molecule is Cn1ccnc1-c1ccc2n(c1=O)C[C@H]1C[C@@H]2CN(c2nc(-c3ccccc3)no2)C1. The first-order chi connectivity index (χ1) is 15.2. The van der Waals surface area contributed by atoms with Gasteiger partial charge in [-0.2, -0.15) is 4.98 Å². The molecule has 4 aromatic rings. The Kier molecular flexibility index (Phi) is 4.05. The van der Waals surface area contributed by atoms with Crippen molar-refractivity contribution < 1.29 is 4.52 Å². The molecular formula is C23H22N6O2. The molecule has 31 heavy (non-hydrogen) atoms. The summed E-state index contributed by atoms with van der Waals surface area (Å²) in [7, 11) is 1.91. The largest absolute Gasteiger partial charge is 0.334 e. The van der Waals surface area contributed by atoms with E-state index in [2.05, 4.69) is 26.1 Å². The van der Waals surface area contributed by atoms with Crippen LogP contribution in [0.1, 0.15) is 18.0 Å². The summed E-state index contributed by atoms with van der Waals surface area (Å²) in [5, 5.41) is 4.17. The predicted octanol–water partition coefficient (Wildman–Crippen LogP) is 2.92. The van der Waals surface area contributed by atoms with Gasteiger partial charge in [-0.3, -0.25) is 4.79 Å². The molecule has 0 radical (unpaired) electrons. The second kappa shape index (κ2) is 6.94. The van der Waals surface area contributed by atoms with Gasteiger partial charge in [-0.25, -0.2) is 4.98 Å². The van der Waals surface area contributed by atoms with Crippen molar-refractivity contribution in [2.24, 2.45) is 13.0 Å². The lowest BCUT2D eigenvalue weighted by Crippen LogP contribution is -2.47. The van der Waals surface area contributed by atoms with Gasteiger partial charge < -0.3 is 18.6 Å². The molecule has 0 amide bonds. The van der Waals surface area contributed by atoms with Crippen LogP contribution >= 0.6 is 0 Å². The minimum Gasteiger partial charge on any atom is -0.334 e. The fourth-order valence-corrected chi connectivity index (χ4v) is 4.95. The van der Waals surface area contributed by atoms with Crippen LogP contribution in [0.2, 0.25) is 0 Å². The minimum atomic E-state index is 0.0408. The Labute approximate surface area is 178 Å². The number of hydrogen-bond acceptors (Lipinski definition) is 6. The molecule has 2 aliphatic heterocycles. The maximum atomic E-state index is 13.3. The zero-order valence-electron chi connectivity index (χ0n) is 17.2. The summed E-state index contributed by atoms with van der Waals surface area (Å²) in [5.74, 6) is 1.91. The third kappa shape index (κ3) is 2.98. The molecule has 156 valence electrons. The van der Waals surface area contributed by atoms with E-state index in [4.69, 9.17) is 4.52 Å². The first-order valence-corrected chi connectivity index (χ1v) is 10.5. The van der Waals surface area contributed by atoms with Crippen LogP contribution in [-0.2, 0) is 13.6 Å². The monoisotopic (exact) mass is 414 g/mol. The normalized spacial score (nSPS) is 20.0. The molecule has 6 rings (SSSR count). The van der Waals surface area contributed by atoms with Crippen LogP contribution in [0.5, 0.6) is 0 Å². The predicted molar refractivity (Wildman–Crippen MR) is 116 cm³/mol. The molecule has 5 heterocycles. The van der Waals surface area contributed by atoms with Gasteiger partial charge in [-0.1, -0.05) is 35.5 Å².